The Labute approximate surface area is 201 Å². The number of carbonyl (C=O) groups excluding carboxylic acids is 3. The number of hydrogen-bond donors (Lipinski definition) is 0. The zero-order valence-corrected chi connectivity index (χ0v) is 20.2. The van der Waals surface area contributed by atoms with Gasteiger partial charge in [-0.1, -0.05) is 17.7 Å². The van der Waals surface area contributed by atoms with Crippen molar-refractivity contribution in [1.29, 1.82) is 0 Å². The zero-order valence-electron chi connectivity index (χ0n) is 16.5. The van der Waals surface area contributed by atoms with Gasteiger partial charge in [0.1, 0.15) is 0 Å². The topological polar surface area (TPSA) is 82.1 Å². The SMILES string of the molecule is CCOC(=O)COc1c(I)cc(/C=C2/SC(=O)N(c3cccc(Cl)c3)C2=O)cc1OC. The van der Waals surface area contributed by atoms with Gasteiger partial charge in [0.05, 0.1) is 27.9 Å². The van der Waals surface area contributed by atoms with Crippen LogP contribution in [0.3, 0.4) is 0 Å². The number of hydrogen-bond acceptors (Lipinski definition) is 7. The highest BCUT2D eigenvalue weighted by Crippen LogP contribution is 2.39. The number of amides is 2. The number of rotatable bonds is 7. The number of carbonyl (C=O) groups is 3. The molecule has 0 spiro atoms. The van der Waals surface area contributed by atoms with Gasteiger partial charge < -0.3 is 14.2 Å². The smallest absolute Gasteiger partial charge is 0.344 e. The highest BCUT2D eigenvalue weighted by atomic mass is 127. The Hall–Kier alpha value is -2.24. The average Bonchev–Trinajstić information content (AvgIpc) is 3.00. The second kappa shape index (κ2) is 10.4. The maximum atomic E-state index is 12.8. The summed E-state index contributed by atoms with van der Waals surface area (Å²) in [5, 5.41) is 0.0211. The molecule has 1 saturated heterocycles. The maximum Gasteiger partial charge on any atom is 0.344 e. The molecule has 1 aliphatic rings. The quantitative estimate of drug-likeness (QED) is 0.258. The van der Waals surface area contributed by atoms with E-state index in [0.29, 0.717) is 31.3 Å². The molecule has 0 bridgehead atoms. The van der Waals surface area contributed by atoms with Crippen molar-refractivity contribution in [3.05, 3.63) is 55.5 Å². The molecule has 0 radical (unpaired) electrons. The van der Waals surface area contributed by atoms with E-state index in [0.717, 1.165) is 16.7 Å². The predicted octanol–water partition coefficient (Wildman–Crippen LogP) is 5.14. The van der Waals surface area contributed by atoms with Crippen LogP contribution in [0.4, 0.5) is 10.5 Å². The maximum absolute atomic E-state index is 12.8. The number of anilines is 1. The molecule has 162 valence electrons. The lowest BCUT2D eigenvalue weighted by molar-refractivity contribution is -0.145. The minimum absolute atomic E-state index is 0.252. The molecule has 0 atom stereocenters. The zero-order chi connectivity index (χ0) is 22.5. The molecule has 31 heavy (non-hydrogen) atoms. The highest BCUT2D eigenvalue weighted by molar-refractivity contribution is 14.1. The van der Waals surface area contributed by atoms with Crippen molar-refractivity contribution in [3.63, 3.8) is 0 Å². The van der Waals surface area contributed by atoms with Gasteiger partial charge >= 0.3 is 5.97 Å². The summed E-state index contributed by atoms with van der Waals surface area (Å²) in [6.45, 7) is 1.72. The molecule has 2 amide bonds. The van der Waals surface area contributed by atoms with E-state index in [1.165, 1.54) is 7.11 Å². The van der Waals surface area contributed by atoms with Crippen molar-refractivity contribution in [2.75, 3.05) is 25.2 Å². The number of benzene rings is 2. The van der Waals surface area contributed by atoms with E-state index in [1.807, 2.05) is 22.6 Å². The molecule has 0 aliphatic carbocycles. The Morgan fingerprint density at radius 2 is 2.03 bits per heavy atom. The number of imide groups is 1. The third kappa shape index (κ3) is 5.52. The standard InChI is InChI=1S/C21H17ClINO6S/c1-3-29-18(25)11-30-19-15(23)7-12(8-16(19)28-2)9-17-20(26)24(21(27)31-17)14-6-4-5-13(22)10-14/h4-10H,3,11H2,1-2H3/b17-9+. The molecule has 0 unspecified atom stereocenters. The van der Waals surface area contributed by atoms with Gasteiger partial charge in [-0.25, -0.2) is 9.69 Å². The summed E-state index contributed by atoms with van der Waals surface area (Å²) in [7, 11) is 1.47. The molecular weight excluding hydrogens is 557 g/mol. The van der Waals surface area contributed by atoms with Crippen molar-refractivity contribution in [2.45, 2.75) is 6.92 Å². The van der Waals surface area contributed by atoms with E-state index in [9.17, 15) is 14.4 Å². The van der Waals surface area contributed by atoms with Gasteiger partial charge in [0.2, 0.25) is 0 Å². The second-order valence-electron chi connectivity index (χ2n) is 6.12. The Kier molecular flexibility index (Phi) is 7.84. The van der Waals surface area contributed by atoms with E-state index >= 15 is 0 Å². The van der Waals surface area contributed by atoms with Gasteiger partial charge in [0.25, 0.3) is 11.1 Å². The number of esters is 1. The first-order valence-electron chi connectivity index (χ1n) is 9.03. The van der Waals surface area contributed by atoms with Crippen LogP contribution in [0.15, 0.2) is 41.3 Å². The summed E-state index contributed by atoms with van der Waals surface area (Å²) >= 11 is 8.87. The van der Waals surface area contributed by atoms with Gasteiger partial charge in [-0.05, 0) is 83.2 Å². The summed E-state index contributed by atoms with van der Waals surface area (Å²) in [6, 6.07) is 9.97. The van der Waals surface area contributed by atoms with Gasteiger partial charge in [0.15, 0.2) is 18.1 Å². The first-order valence-corrected chi connectivity index (χ1v) is 11.3. The predicted molar refractivity (Wildman–Crippen MR) is 128 cm³/mol. The normalized spacial score (nSPS) is 14.8. The molecule has 3 rings (SSSR count). The third-order valence-corrected chi connectivity index (χ3v) is 5.96. The van der Waals surface area contributed by atoms with Crippen molar-refractivity contribution in [1.82, 2.24) is 0 Å². The Balaban J connectivity index is 1.86. The summed E-state index contributed by atoms with van der Waals surface area (Å²) in [5.74, 6) is -0.148. The number of nitrogens with zero attached hydrogens (tertiary/aromatic N) is 1. The van der Waals surface area contributed by atoms with Gasteiger partial charge in [0, 0.05) is 5.02 Å². The first-order chi connectivity index (χ1) is 14.8. The first kappa shape index (κ1) is 23.4. The van der Waals surface area contributed by atoms with Gasteiger partial charge in [-0.3, -0.25) is 9.59 Å². The fourth-order valence-corrected chi connectivity index (χ4v) is 4.56. The number of thioether (sulfide) groups is 1. The molecule has 0 N–H and O–H groups in total. The molecule has 10 heteroatoms. The lowest BCUT2D eigenvalue weighted by Crippen LogP contribution is -2.27. The van der Waals surface area contributed by atoms with E-state index in [-0.39, 0.29) is 18.1 Å². The van der Waals surface area contributed by atoms with Crippen LogP contribution >= 0.6 is 46.0 Å². The molecule has 1 heterocycles. The number of methoxy groups -OCH3 is 1. The van der Waals surface area contributed by atoms with E-state index < -0.39 is 17.1 Å². The van der Waals surface area contributed by atoms with Crippen molar-refractivity contribution >= 4 is 74.8 Å². The van der Waals surface area contributed by atoms with Gasteiger partial charge in [-0.15, -0.1) is 0 Å². The minimum atomic E-state index is -0.487. The Morgan fingerprint density at radius 1 is 1.26 bits per heavy atom. The number of halogens is 2. The summed E-state index contributed by atoms with van der Waals surface area (Å²) in [6.07, 6.45) is 1.61. The van der Waals surface area contributed by atoms with Crippen LogP contribution in [-0.2, 0) is 14.3 Å². The minimum Gasteiger partial charge on any atom is -0.493 e. The molecule has 2 aromatic carbocycles. The van der Waals surface area contributed by atoms with Crippen LogP contribution in [0.5, 0.6) is 11.5 Å². The van der Waals surface area contributed by atoms with E-state index in [2.05, 4.69) is 0 Å². The molecule has 1 fully saturated rings. The Morgan fingerprint density at radius 3 is 2.71 bits per heavy atom. The Bertz CT molecular complexity index is 1070. The summed E-state index contributed by atoms with van der Waals surface area (Å²) in [5.41, 5.74) is 1.05. The molecule has 0 aromatic heterocycles. The molecule has 7 nitrogen and oxygen atoms in total. The van der Waals surface area contributed by atoms with Crippen LogP contribution < -0.4 is 14.4 Å². The van der Waals surface area contributed by atoms with Crippen LogP contribution in [-0.4, -0.2) is 37.4 Å². The van der Waals surface area contributed by atoms with Crippen molar-refractivity contribution in [3.8, 4) is 11.5 Å². The molecular formula is C21H17ClINO6S. The van der Waals surface area contributed by atoms with Crippen LogP contribution in [0.25, 0.3) is 6.08 Å². The van der Waals surface area contributed by atoms with Crippen molar-refractivity contribution in [2.24, 2.45) is 0 Å². The largest absolute Gasteiger partial charge is 0.493 e. The highest BCUT2D eigenvalue weighted by Gasteiger charge is 2.36. The monoisotopic (exact) mass is 573 g/mol. The fourth-order valence-electron chi connectivity index (χ4n) is 2.75. The molecule has 1 aliphatic heterocycles. The molecule has 0 saturated carbocycles. The van der Waals surface area contributed by atoms with Crippen LogP contribution in [0.1, 0.15) is 12.5 Å². The fraction of sp³-hybridized carbons (Fsp3) is 0.190. The summed E-state index contributed by atoms with van der Waals surface area (Å²) in [4.78, 5) is 38.2. The van der Waals surface area contributed by atoms with E-state index in [1.54, 1.807) is 49.4 Å². The molecule has 2 aromatic rings. The lowest BCUT2D eigenvalue weighted by atomic mass is 10.1. The second-order valence-corrected chi connectivity index (χ2v) is 8.72. The lowest BCUT2D eigenvalue weighted by Gasteiger charge is -2.13. The summed E-state index contributed by atoms with van der Waals surface area (Å²) < 4.78 is 16.5. The van der Waals surface area contributed by atoms with Crippen LogP contribution in [0.2, 0.25) is 5.02 Å². The third-order valence-electron chi connectivity index (χ3n) is 4.05. The van der Waals surface area contributed by atoms with E-state index in [4.69, 9.17) is 25.8 Å². The van der Waals surface area contributed by atoms with Crippen LogP contribution in [0, 0.1) is 3.57 Å². The average molecular weight is 574 g/mol. The number of ether oxygens (including phenoxy) is 3. The van der Waals surface area contributed by atoms with Crippen molar-refractivity contribution < 1.29 is 28.6 Å². The van der Waals surface area contributed by atoms with Gasteiger partial charge in [-0.2, -0.15) is 0 Å².